The molecule has 0 radical (unpaired) electrons. The van der Waals surface area contributed by atoms with Crippen LogP contribution in [0.5, 0.6) is 5.75 Å². The van der Waals surface area contributed by atoms with Crippen molar-refractivity contribution in [3.05, 3.63) is 71.4 Å². The molecular weight excluding hydrogens is 468 g/mol. The zero-order valence-corrected chi connectivity index (χ0v) is 20.9. The number of benzene rings is 1. The van der Waals surface area contributed by atoms with E-state index in [2.05, 4.69) is 16.0 Å². The van der Waals surface area contributed by atoms with E-state index in [-0.39, 0.29) is 12.0 Å². The van der Waals surface area contributed by atoms with Gasteiger partial charge in [-0.25, -0.2) is 9.97 Å². The largest absolute Gasteiger partial charge is 0.489 e. The van der Waals surface area contributed by atoms with Crippen LogP contribution in [0.3, 0.4) is 0 Å². The highest BCUT2D eigenvalue weighted by molar-refractivity contribution is 5.88. The van der Waals surface area contributed by atoms with E-state index in [1.165, 1.54) is 0 Å². The fourth-order valence-electron chi connectivity index (χ4n) is 4.38. The Bertz CT molecular complexity index is 1310. The average Bonchev–Trinajstić information content (AvgIpc) is 3.68. The van der Waals surface area contributed by atoms with Crippen molar-refractivity contribution in [1.29, 1.82) is 5.26 Å². The number of hydrogen-bond donors (Lipinski definition) is 1. The lowest BCUT2D eigenvalue weighted by atomic mass is 10.1. The number of nitrogens with zero attached hydrogens (tertiary/aromatic N) is 5. The Hall–Kier alpha value is -3.87. The van der Waals surface area contributed by atoms with Gasteiger partial charge < -0.3 is 20.1 Å². The smallest absolute Gasteiger partial charge is 0.242 e. The van der Waals surface area contributed by atoms with Gasteiger partial charge in [0, 0.05) is 44.3 Å². The molecule has 2 aromatic heterocycles. The minimum absolute atomic E-state index is 0.0358. The van der Waals surface area contributed by atoms with Gasteiger partial charge >= 0.3 is 0 Å². The van der Waals surface area contributed by atoms with Gasteiger partial charge in [0.05, 0.1) is 42.2 Å². The first-order valence-corrected chi connectivity index (χ1v) is 12.5. The molecule has 5 rings (SSSR count). The van der Waals surface area contributed by atoms with Gasteiger partial charge in [-0.2, -0.15) is 5.26 Å². The molecule has 0 bridgehead atoms. The highest BCUT2D eigenvalue weighted by Crippen LogP contribution is 2.34. The third kappa shape index (κ3) is 5.93. The van der Waals surface area contributed by atoms with Crippen LogP contribution in [0.2, 0.25) is 0 Å². The first-order valence-electron chi connectivity index (χ1n) is 12.5. The third-order valence-electron chi connectivity index (χ3n) is 6.77. The zero-order valence-electron chi connectivity index (χ0n) is 20.9. The lowest BCUT2D eigenvalue weighted by Crippen LogP contribution is -2.43. The molecule has 1 aliphatic carbocycles. The number of carbonyl (C=O) groups is 1. The molecule has 190 valence electrons. The van der Waals surface area contributed by atoms with Crippen molar-refractivity contribution in [2.24, 2.45) is 5.73 Å². The molecule has 3 heterocycles. The van der Waals surface area contributed by atoms with Gasteiger partial charge in [0.25, 0.3) is 0 Å². The number of ether oxygens (including phenoxy) is 2. The van der Waals surface area contributed by atoms with Crippen LogP contribution in [0.25, 0.3) is 11.3 Å². The summed E-state index contributed by atoms with van der Waals surface area (Å²) < 4.78 is 11.5. The van der Waals surface area contributed by atoms with Crippen molar-refractivity contribution < 1.29 is 14.3 Å². The second-order valence-electron chi connectivity index (χ2n) is 9.76. The molecule has 37 heavy (non-hydrogen) atoms. The molecule has 1 aromatic carbocycles. The number of nitriles is 1. The molecule has 1 amide bonds. The highest BCUT2D eigenvalue weighted by Gasteiger charge is 2.47. The fraction of sp³-hybridized carbons (Fsp3) is 0.393. The number of pyridine rings is 1. The Morgan fingerprint density at radius 1 is 1.22 bits per heavy atom. The van der Waals surface area contributed by atoms with Crippen LogP contribution in [0.15, 0.2) is 48.8 Å². The summed E-state index contributed by atoms with van der Waals surface area (Å²) >= 11 is 0. The Kier molecular flexibility index (Phi) is 7.12. The number of hydrogen-bond acceptors (Lipinski definition) is 8. The van der Waals surface area contributed by atoms with Crippen molar-refractivity contribution in [1.82, 2.24) is 19.9 Å². The summed E-state index contributed by atoms with van der Waals surface area (Å²) in [6.45, 7) is 1.77. The first kappa shape index (κ1) is 24.8. The molecule has 1 saturated carbocycles. The van der Waals surface area contributed by atoms with E-state index in [0.717, 1.165) is 48.2 Å². The Morgan fingerprint density at radius 2 is 2.03 bits per heavy atom. The molecule has 2 fully saturated rings. The number of likely N-dealkylation sites (N-methyl/N-ethyl adjacent to an activating group) is 1. The third-order valence-corrected chi connectivity index (χ3v) is 6.77. The maximum atomic E-state index is 12.4. The van der Waals surface area contributed by atoms with Gasteiger partial charge in [-0.15, -0.1) is 0 Å². The predicted molar refractivity (Wildman–Crippen MR) is 136 cm³/mol. The van der Waals surface area contributed by atoms with Gasteiger partial charge in [-0.1, -0.05) is 6.07 Å². The van der Waals surface area contributed by atoms with Crippen LogP contribution in [0.4, 0.5) is 0 Å². The summed E-state index contributed by atoms with van der Waals surface area (Å²) in [4.78, 5) is 27.6. The number of rotatable bonds is 8. The van der Waals surface area contributed by atoms with Gasteiger partial charge in [-0.05, 0) is 48.7 Å². The summed E-state index contributed by atoms with van der Waals surface area (Å²) in [7, 11) is 1.76. The number of aromatic nitrogens is 3. The van der Waals surface area contributed by atoms with E-state index in [4.69, 9.17) is 20.2 Å². The van der Waals surface area contributed by atoms with Crippen LogP contribution in [-0.2, 0) is 22.5 Å². The van der Waals surface area contributed by atoms with Crippen LogP contribution < -0.4 is 10.5 Å². The van der Waals surface area contributed by atoms with E-state index < -0.39 is 5.54 Å². The van der Waals surface area contributed by atoms with Crippen LogP contribution in [0.1, 0.15) is 48.3 Å². The van der Waals surface area contributed by atoms with Crippen LogP contribution in [0, 0.1) is 11.3 Å². The zero-order chi connectivity index (χ0) is 25.8. The number of carbonyl (C=O) groups excluding carboxylic acids is 1. The lowest BCUT2D eigenvalue weighted by molar-refractivity contribution is -0.132. The molecule has 2 N–H and O–H groups in total. The van der Waals surface area contributed by atoms with Crippen molar-refractivity contribution in [3.8, 4) is 23.1 Å². The molecule has 9 heteroatoms. The lowest BCUT2D eigenvalue weighted by Gasteiger charge is -2.23. The maximum Gasteiger partial charge on any atom is 0.242 e. The van der Waals surface area contributed by atoms with Gasteiger partial charge in [-0.3, -0.25) is 9.78 Å². The SMILES string of the molecule is CN(Cc1ccc(Cc2nccc(-c3ccc(OC4CCOCC4)c(C#N)c3)n2)cn1)C(=O)C1(N)CC1. The monoisotopic (exact) mass is 498 g/mol. The van der Waals surface area contributed by atoms with Crippen LogP contribution in [-0.4, -0.2) is 57.7 Å². The summed E-state index contributed by atoms with van der Waals surface area (Å²) in [6.07, 6.45) is 7.21. The number of nitrogens with two attached hydrogens (primary N) is 1. The van der Waals surface area contributed by atoms with Crippen molar-refractivity contribution in [3.63, 3.8) is 0 Å². The molecular formula is C28H30N6O3. The quantitative estimate of drug-likeness (QED) is 0.502. The molecule has 3 aromatic rings. The first-order chi connectivity index (χ1) is 17.9. The second-order valence-corrected chi connectivity index (χ2v) is 9.76. The molecule has 0 atom stereocenters. The molecule has 1 saturated heterocycles. The Balaban J connectivity index is 1.24. The van der Waals surface area contributed by atoms with E-state index in [0.29, 0.717) is 43.3 Å². The van der Waals surface area contributed by atoms with E-state index in [1.54, 1.807) is 24.3 Å². The molecule has 2 aliphatic rings. The topological polar surface area (TPSA) is 127 Å². The van der Waals surface area contributed by atoms with Gasteiger partial charge in [0.15, 0.2) is 0 Å². The second kappa shape index (κ2) is 10.6. The summed E-state index contributed by atoms with van der Waals surface area (Å²) in [5, 5.41) is 9.70. The minimum Gasteiger partial charge on any atom is -0.489 e. The molecule has 1 aliphatic heterocycles. The Morgan fingerprint density at radius 3 is 2.73 bits per heavy atom. The molecule has 0 unspecified atom stereocenters. The Labute approximate surface area is 216 Å². The van der Waals surface area contributed by atoms with Crippen LogP contribution >= 0.6 is 0 Å². The summed E-state index contributed by atoms with van der Waals surface area (Å²) in [5.74, 6) is 1.20. The standard InChI is InChI=1S/C28H30N6O3/c1-34(27(35)28(30)9-10-28)18-22-4-2-19(17-32-22)14-26-31-11-6-24(33-26)20-3-5-25(21(15-20)16-29)37-23-7-12-36-13-8-23/h2-6,11,15,17,23H,7-10,12-14,18,30H2,1H3. The molecule has 0 spiro atoms. The average molecular weight is 499 g/mol. The summed E-state index contributed by atoms with van der Waals surface area (Å²) in [5.41, 5.74) is 9.15. The van der Waals surface area contributed by atoms with E-state index in [1.807, 2.05) is 36.4 Å². The van der Waals surface area contributed by atoms with Crippen molar-refractivity contribution in [2.45, 2.75) is 50.3 Å². The van der Waals surface area contributed by atoms with E-state index in [9.17, 15) is 10.1 Å². The number of amides is 1. The minimum atomic E-state index is -0.677. The van der Waals surface area contributed by atoms with E-state index >= 15 is 0 Å². The van der Waals surface area contributed by atoms with Crippen molar-refractivity contribution in [2.75, 3.05) is 20.3 Å². The summed E-state index contributed by atoms with van der Waals surface area (Å²) in [6, 6.07) is 13.5. The fourth-order valence-corrected chi connectivity index (χ4v) is 4.38. The predicted octanol–water partition coefficient (Wildman–Crippen LogP) is 3.01. The highest BCUT2D eigenvalue weighted by atomic mass is 16.5. The van der Waals surface area contributed by atoms with Gasteiger partial charge in [0.1, 0.15) is 23.7 Å². The van der Waals surface area contributed by atoms with Crippen molar-refractivity contribution >= 4 is 5.91 Å². The maximum absolute atomic E-state index is 12.4. The molecule has 9 nitrogen and oxygen atoms in total. The van der Waals surface area contributed by atoms with Gasteiger partial charge in [0.2, 0.25) is 5.91 Å². The normalized spacial score (nSPS) is 16.6.